The van der Waals surface area contributed by atoms with Gasteiger partial charge in [-0.05, 0) is 92.2 Å². The Bertz CT molecular complexity index is 1470. The lowest BCUT2D eigenvalue weighted by Crippen LogP contribution is -2.35. The molecule has 1 aromatic heterocycles. The van der Waals surface area contributed by atoms with Crippen molar-refractivity contribution < 1.29 is 9.18 Å². The maximum atomic E-state index is 13.3. The molecule has 1 amide bonds. The van der Waals surface area contributed by atoms with Gasteiger partial charge in [0.2, 0.25) is 5.17 Å². The highest BCUT2D eigenvalue weighted by Gasteiger charge is 2.36. The van der Waals surface area contributed by atoms with Crippen molar-refractivity contribution in [2.45, 2.75) is 20.8 Å². The number of carbonyl (C=O) groups is 1. The number of aliphatic imine (C=N–C) groups is 1. The van der Waals surface area contributed by atoms with E-state index in [1.54, 1.807) is 18.2 Å². The second-order valence-electron chi connectivity index (χ2n) is 8.05. The van der Waals surface area contributed by atoms with Crippen LogP contribution in [0.1, 0.15) is 28.1 Å². The normalized spacial score (nSPS) is 16.7. The van der Waals surface area contributed by atoms with Crippen LogP contribution in [-0.2, 0) is 4.79 Å². The standard InChI is InChI=1S/C25H19ClFN5OS/c1-13-4-9-21(20(26)10-13)31-14(2)11-17(15(31)3)12-19-22(28)32-25(29-23(19)33)34-24(30-32)16-5-7-18(27)8-6-16/h4-12,28H,1-3H3/b19-12-,28-22?. The summed E-state index contributed by atoms with van der Waals surface area (Å²) in [5.41, 5.74) is 5.37. The third-order valence-electron chi connectivity index (χ3n) is 5.66. The molecule has 0 saturated carbocycles. The van der Waals surface area contributed by atoms with E-state index in [2.05, 4.69) is 10.1 Å². The fraction of sp³-hybridized carbons (Fsp3) is 0.120. The van der Waals surface area contributed by atoms with Gasteiger partial charge in [0, 0.05) is 17.0 Å². The number of carbonyl (C=O) groups excluding carboxylic acids is 1. The van der Waals surface area contributed by atoms with Gasteiger partial charge in [0.15, 0.2) is 5.84 Å². The highest BCUT2D eigenvalue weighted by Crippen LogP contribution is 2.32. The van der Waals surface area contributed by atoms with Crippen molar-refractivity contribution in [3.05, 3.63) is 93.0 Å². The van der Waals surface area contributed by atoms with Crippen LogP contribution in [0.5, 0.6) is 0 Å². The van der Waals surface area contributed by atoms with Crippen molar-refractivity contribution in [2.24, 2.45) is 10.1 Å². The van der Waals surface area contributed by atoms with Crippen molar-refractivity contribution >= 4 is 51.4 Å². The van der Waals surface area contributed by atoms with Crippen LogP contribution in [0.4, 0.5) is 4.39 Å². The fourth-order valence-electron chi connectivity index (χ4n) is 3.95. The van der Waals surface area contributed by atoms with E-state index in [0.29, 0.717) is 20.8 Å². The number of nitrogens with one attached hydrogen (secondary N) is 1. The van der Waals surface area contributed by atoms with Gasteiger partial charge in [0.25, 0.3) is 5.91 Å². The van der Waals surface area contributed by atoms with Crippen LogP contribution < -0.4 is 0 Å². The Morgan fingerprint density at radius 3 is 2.53 bits per heavy atom. The molecule has 0 bridgehead atoms. The minimum absolute atomic E-state index is 0.0576. The van der Waals surface area contributed by atoms with E-state index in [1.807, 2.05) is 49.6 Å². The van der Waals surface area contributed by atoms with Crippen LogP contribution in [-0.4, -0.2) is 31.5 Å². The average Bonchev–Trinajstić information content (AvgIpc) is 3.33. The number of hydrogen-bond acceptors (Lipinski definition) is 4. The molecule has 0 saturated heterocycles. The molecule has 1 N–H and O–H groups in total. The van der Waals surface area contributed by atoms with E-state index in [1.165, 1.54) is 28.9 Å². The molecule has 0 fully saturated rings. The van der Waals surface area contributed by atoms with Crippen molar-refractivity contribution in [2.75, 3.05) is 0 Å². The topological polar surface area (TPSA) is 73.8 Å². The molecule has 3 aromatic rings. The van der Waals surface area contributed by atoms with E-state index in [0.717, 1.165) is 28.2 Å². The molecule has 0 radical (unpaired) electrons. The number of amidine groups is 2. The van der Waals surface area contributed by atoms with Crippen molar-refractivity contribution in [1.29, 1.82) is 5.41 Å². The molecule has 9 heteroatoms. The molecule has 3 heterocycles. The molecule has 0 aliphatic carbocycles. The molecule has 0 atom stereocenters. The highest BCUT2D eigenvalue weighted by atomic mass is 35.5. The van der Waals surface area contributed by atoms with Crippen LogP contribution in [0.2, 0.25) is 5.02 Å². The zero-order valence-electron chi connectivity index (χ0n) is 18.6. The van der Waals surface area contributed by atoms with Gasteiger partial charge >= 0.3 is 0 Å². The number of rotatable bonds is 3. The Hall–Kier alpha value is -3.49. The summed E-state index contributed by atoms with van der Waals surface area (Å²) in [6.45, 7) is 5.89. The zero-order valence-corrected chi connectivity index (χ0v) is 20.1. The number of thioether (sulfide) groups is 1. The number of hydrogen-bond donors (Lipinski definition) is 1. The Morgan fingerprint density at radius 1 is 1.09 bits per heavy atom. The number of aromatic nitrogens is 1. The summed E-state index contributed by atoms with van der Waals surface area (Å²) in [5.74, 6) is -0.907. The first-order chi connectivity index (χ1) is 16.2. The third kappa shape index (κ3) is 3.78. The van der Waals surface area contributed by atoms with Crippen molar-refractivity contribution in [3.8, 4) is 5.69 Å². The smallest absolute Gasteiger partial charge is 0.283 e. The van der Waals surface area contributed by atoms with E-state index in [9.17, 15) is 9.18 Å². The summed E-state index contributed by atoms with van der Waals surface area (Å²) in [7, 11) is 0. The molecule has 34 heavy (non-hydrogen) atoms. The quantitative estimate of drug-likeness (QED) is 0.466. The SMILES string of the molecule is Cc1ccc(-n2c(C)cc(/C=C3/C(=N)N4N=C(c5ccc(F)cc5)SC4=NC3=O)c2C)c(Cl)c1. The Balaban J connectivity index is 1.51. The number of halogens is 2. The van der Waals surface area contributed by atoms with E-state index >= 15 is 0 Å². The number of benzene rings is 2. The summed E-state index contributed by atoms with van der Waals surface area (Å²) in [4.78, 5) is 17.0. The molecule has 2 aliphatic heterocycles. The molecule has 2 aromatic carbocycles. The lowest BCUT2D eigenvalue weighted by atomic mass is 10.1. The van der Waals surface area contributed by atoms with Gasteiger partial charge in [-0.1, -0.05) is 17.7 Å². The van der Waals surface area contributed by atoms with Gasteiger partial charge in [-0.2, -0.15) is 15.1 Å². The van der Waals surface area contributed by atoms with Crippen LogP contribution in [0.25, 0.3) is 11.8 Å². The van der Waals surface area contributed by atoms with Crippen molar-refractivity contribution in [1.82, 2.24) is 9.58 Å². The Kier molecular flexibility index (Phi) is 5.50. The number of aryl methyl sites for hydroxylation is 2. The lowest BCUT2D eigenvalue weighted by molar-refractivity contribution is -0.114. The summed E-state index contributed by atoms with van der Waals surface area (Å²) < 4.78 is 15.3. The number of nitrogens with zero attached hydrogens (tertiary/aromatic N) is 4. The first-order valence-corrected chi connectivity index (χ1v) is 11.6. The predicted molar refractivity (Wildman–Crippen MR) is 136 cm³/mol. The lowest BCUT2D eigenvalue weighted by Gasteiger charge is -2.20. The van der Waals surface area contributed by atoms with Crippen LogP contribution in [0, 0.1) is 32.0 Å². The van der Waals surface area contributed by atoms with Crippen LogP contribution >= 0.6 is 23.4 Å². The second-order valence-corrected chi connectivity index (χ2v) is 9.41. The van der Waals surface area contributed by atoms with E-state index in [4.69, 9.17) is 17.0 Å². The minimum Gasteiger partial charge on any atom is -0.316 e. The Morgan fingerprint density at radius 2 is 1.82 bits per heavy atom. The van der Waals surface area contributed by atoms with Gasteiger partial charge in [0.1, 0.15) is 10.9 Å². The maximum absolute atomic E-state index is 13.3. The average molecular weight is 492 g/mol. The molecule has 5 rings (SSSR count). The largest absolute Gasteiger partial charge is 0.316 e. The minimum atomic E-state index is -0.502. The molecule has 170 valence electrons. The molecule has 0 spiro atoms. The van der Waals surface area contributed by atoms with Crippen molar-refractivity contribution in [3.63, 3.8) is 0 Å². The maximum Gasteiger partial charge on any atom is 0.283 e. The van der Waals surface area contributed by atoms with Crippen LogP contribution in [0.15, 0.2) is 64.2 Å². The van der Waals surface area contributed by atoms with Gasteiger partial charge < -0.3 is 4.57 Å². The highest BCUT2D eigenvalue weighted by molar-refractivity contribution is 8.27. The Labute approximate surface area is 205 Å². The second kappa shape index (κ2) is 8.38. The third-order valence-corrected chi connectivity index (χ3v) is 6.92. The van der Waals surface area contributed by atoms with Gasteiger partial charge in [-0.25, -0.2) is 4.39 Å². The summed E-state index contributed by atoms with van der Waals surface area (Å²) in [6, 6.07) is 13.7. The summed E-state index contributed by atoms with van der Waals surface area (Å²) in [6.07, 6.45) is 1.67. The predicted octanol–water partition coefficient (Wildman–Crippen LogP) is 5.86. The fourth-order valence-corrected chi connectivity index (χ4v) is 5.17. The van der Waals surface area contributed by atoms with Gasteiger partial charge in [-0.15, -0.1) is 0 Å². The first kappa shape index (κ1) is 22.3. The van der Waals surface area contributed by atoms with Crippen LogP contribution in [0.3, 0.4) is 0 Å². The number of fused-ring (bicyclic) bond motifs is 1. The first-order valence-electron chi connectivity index (χ1n) is 10.4. The molecular weight excluding hydrogens is 473 g/mol. The number of hydrazone groups is 1. The zero-order chi connectivity index (χ0) is 24.1. The molecular formula is C25H19ClFN5OS. The van der Waals surface area contributed by atoms with E-state index < -0.39 is 5.91 Å². The van der Waals surface area contributed by atoms with Gasteiger partial charge in [-0.3, -0.25) is 10.2 Å². The summed E-state index contributed by atoms with van der Waals surface area (Å²) in [5, 5.41) is 15.9. The number of amides is 1. The molecule has 6 nitrogen and oxygen atoms in total. The monoisotopic (exact) mass is 491 g/mol. The van der Waals surface area contributed by atoms with E-state index in [-0.39, 0.29) is 17.2 Å². The van der Waals surface area contributed by atoms with Gasteiger partial charge in [0.05, 0.1) is 16.3 Å². The summed E-state index contributed by atoms with van der Waals surface area (Å²) >= 11 is 7.68. The molecule has 2 aliphatic rings. The molecule has 0 unspecified atom stereocenters.